The first kappa shape index (κ1) is 12.9. The van der Waals surface area contributed by atoms with Crippen LogP contribution in [0.1, 0.15) is 20.3 Å². The van der Waals surface area contributed by atoms with Crippen molar-refractivity contribution in [1.29, 1.82) is 0 Å². The number of alkyl halides is 1. The number of likely N-dealkylation sites (N-methyl/N-ethyl adjacent to an activating group) is 1. The van der Waals surface area contributed by atoms with Crippen LogP contribution in [0.4, 0.5) is 0 Å². The molecule has 3 nitrogen and oxygen atoms in total. The van der Waals surface area contributed by atoms with E-state index in [1.54, 1.807) is 0 Å². The number of hydrogen-bond donors (Lipinski definition) is 1. The molecule has 1 N–H and O–H groups in total. The van der Waals surface area contributed by atoms with Crippen LogP contribution < -0.4 is 5.32 Å². The van der Waals surface area contributed by atoms with E-state index in [2.05, 4.69) is 33.1 Å². The van der Waals surface area contributed by atoms with Crippen molar-refractivity contribution in [2.24, 2.45) is 0 Å². The molecule has 2 unspecified atom stereocenters. The smallest absolute Gasteiger partial charge is 0.233 e. The Bertz CT molecular complexity index is 160. The van der Waals surface area contributed by atoms with Gasteiger partial charge in [-0.1, -0.05) is 22.9 Å². The summed E-state index contributed by atoms with van der Waals surface area (Å²) < 4.78 is 0. The predicted octanol–water partition coefficient (Wildman–Crippen LogP) is 1.23. The van der Waals surface area contributed by atoms with Crippen molar-refractivity contribution in [2.45, 2.75) is 31.1 Å². The molecule has 0 radical (unpaired) electrons. The topological polar surface area (TPSA) is 32.3 Å². The summed E-state index contributed by atoms with van der Waals surface area (Å²) in [6.07, 6.45) is 0.962. The zero-order valence-electron chi connectivity index (χ0n) is 8.80. The third-order valence-electron chi connectivity index (χ3n) is 1.79. The monoisotopic (exact) mass is 250 g/mol. The van der Waals surface area contributed by atoms with E-state index in [9.17, 15) is 4.79 Å². The van der Waals surface area contributed by atoms with E-state index in [0.29, 0.717) is 0 Å². The minimum Gasteiger partial charge on any atom is -0.351 e. The Morgan fingerprint density at radius 1 is 1.54 bits per heavy atom. The summed E-state index contributed by atoms with van der Waals surface area (Å²) in [6, 6.07) is 0.252. The SMILES string of the molecule is CCC(CN(C)C)NC(=O)C(C)Br. The van der Waals surface area contributed by atoms with Gasteiger partial charge >= 0.3 is 0 Å². The maximum absolute atomic E-state index is 11.3. The fourth-order valence-corrected chi connectivity index (χ4v) is 1.17. The molecule has 0 aliphatic rings. The highest BCUT2D eigenvalue weighted by Gasteiger charge is 2.14. The lowest BCUT2D eigenvalue weighted by Crippen LogP contribution is -2.43. The Balaban J connectivity index is 3.90. The number of carbonyl (C=O) groups excluding carboxylic acids is 1. The number of rotatable bonds is 5. The molecular formula is C9H19BrN2O. The van der Waals surface area contributed by atoms with Crippen molar-refractivity contribution in [3.8, 4) is 0 Å². The first-order valence-corrected chi connectivity index (χ1v) is 5.48. The summed E-state index contributed by atoms with van der Waals surface area (Å²) in [4.78, 5) is 13.3. The number of halogens is 1. The molecule has 78 valence electrons. The van der Waals surface area contributed by atoms with E-state index in [1.165, 1.54) is 0 Å². The van der Waals surface area contributed by atoms with E-state index in [0.717, 1.165) is 13.0 Å². The van der Waals surface area contributed by atoms with Crippen molar-refractivity contribution >= 4 is 21.8 Å². The van der Waals surface area contributed by atoms with Gasteiger partial charge in [-0.3, -0.25) is 4.79 Å². The molecule has 2 atom stereocenters. The molecule has 0 rings (SSSR count). The van der Waals surface area contributed by atoms with Crippen LogP contribution in [0, 0.1) is 0 Å². The summed E-state index contributed by atoms with van der Waals surface area (Å²) in [5.74, 6) is 0.0636. The van der Waals surface area contributed by atoms with Crippen LogP contribution in [-0.4, -0.2) is 42.3 Å². The minimum absolute atomic E-state index is 0.0636. The maximum atomic E-state index is 11.3. The molecule has 0 bridgehead atoms. The normalized spacial score (nSPS) is 15.5. The predicted molar refractivity (Wildman–Crippen MR) is 59.2 cm³/mol. The van der Waals surface area contributed by atoms with Gasteiger partial charge in [0.25, 0.3) is 0 Å². The molecule has 1 amide bonds. The van der Waals surface area contributed by atoms with E-state index in [1.807, 2.05) is 21.0 Å². The van der Waals surface area contributed by atoms with E-state index in [4.69, 9.17) is 0 Å². The third-order valence-corrected chi connectivity index (χ3v) is 2.20. The van der Waals surface area contributed by atoms with Gasteiger partial charge in [0.15, 0.2) is 0 Å². The molecule has 13 heavy (non-hydrogen) atoms. The van der Waals surface area contributed by atoms with Gasteiger partial charge in [0.05, 0.1) is 4.83 Å². The van der Waals surface area contributed by atoms with E-state index in [-0.39, 0.29) is 16.8 Å². The van der Waals surface area contributed by atoms with Crippen molar-refractivity contribution in [3.63, 3.8) is 0 Å². The summed E-state index contributed by atoms with van der Waals surface area (Å²) in [7, 11) is 4.01. The molecule has 0 saturated heterocycles. The van der Waals surface area contributed by atoms with Gasteiger partial charge in [0, 0.05) is 12.6 Å². The Kier molecular flexibility index (Phi) is 6.33. The molecule has 4 heteroatoms. The van der Waals surface area contributed by atoms with Crippen molar-refractivity contribution < 1.29 is 4.79 Å². The molecule has 0 aliphatic heterocycles. The summed E-state index contributed by atoms with van der Waals surface area (Å²) in [5, 5.41) is 2.97. The maximum Gasteiger partial charge on any atom is 0.233 e. The van der Waals surface area contributed by atoms with Crippen molar-refractivity contribution in [3.05, 3.63) is 0 Å². The van der Waals surface area contributed by atoms with Crippen LogP contribution in [0.25, 0.3) is 0 Å². The number of amides is 1. The molecular weight excluding hydrogens is 232 g/mol. The second kappa shape index (κ2) is 6.38. The summed E-state index contributed by atoms with van der Waals surface area (Å²) in [5.41, 5.74) is 0. The highest BCUT2D eigenvalue weighted by molar-refractivity contribution is 9.10. The Morgan fingerprint density at radius 3 is 2.38 bits per heavy atom. The minimum atomic E-state index is -0.108. The standard InChI is InChI=1S/C9H19BrN2O/c1-5-8(6-12(3)4)11-9(13)7(2)10/h7-8H,5-6H2,1-4H3,(H,11,13). The molecule has 0 aliphatic carbocycles. The van der Waals surface area contributed by atoms with Crippen molar-refractivity contribution in [1.82, 2.24) is 10.2 Å². The molecule has 0 aromatic heterocycles. The molecule has 0 aromatic rings. The van der Waals surface area contributed by atoms with Gasteiger partial charge in [0.1, 0.15) is 0 Å². The molecule has 0 fully saturated rings. The van der Waals surface area contributed by atoms with E-state index < -0.39 is 0 Å². The first-order chi connectivity index (χ1) is 5.97. The molecule has 0 spiro atoms. The first-order valence-electron chi connectivity index (χ1n) is 4.56. The lowest BCUT2D eigenvalue weighted by atomic mass is 10.2. The average molecular weight is 251 g/mol. The lowest BCUT2D eigenvalue weighted by molar-refractivity contribution is -0.121. The van der Waals surface area contributed by atoms with Crippen molar-refractivity contribution in [2.75, 3.05) is 20.6 Å². The number of hydrogen-bond acceptors (Lipinski definition) is 2. The third kappa shape index (κ3) is 6.05. The second-order valence-corrected chi connectivity index (χ2v) is 4.87. The molecule has 0 aromatic carbocycles. The highest BCUT2D eigenvalue weighted by Crippen LogP contribution is 1.99. The number of nitrogens with zero attached hydrogens (tertiary/aromatic N) is 1. The van der Waals surface area contributed by atoms with Gasteiger partial charge in [0.2, 0.25) is 5.91 Å². The molecule has 0 heterocycles. The van der Waals surface area contributed by atoms with Crippen LogP contribution >= 0.6 is 15.9 Å². The Morgan fingerprint density at radius 2 is 2.08 bits per heavy atom. The van der Waals surface area contributed by atoms with Gasteiger partial charge in [-0.25, -0.2) is 0 Å². The number of nitrogens with one attached hydrogen (secondary N) is 1. The number of carbonyl (C=O) groups is 1. The largest absolute Gasteiger partial charge is 0.351 e. The van der Waals surface area contributed by atoms with Gasteiger partial charge in [-0.05, 0) is 27.4 Å². The van der Waals surface area contributed by atoms with Crippen LogP contribution in [-0.2, 0) is 4.79 Å². The van der Waals surface area contributed by atoms with Gasteiger partial charge in [-0.2, -0.15) is 0 Å². The fourth-order valence-electron chi connectivity index (χ4n) is 1.03. The summed E-state index contributed by atoms with van der Waals surface area (Å²) >= 11 is 3.24. The van der Waals surface area contributed by atoms with Crippen LogP contribution in [0.5, 0.6) is 0 Å². The van der Waals surface area contributed by atoms with E-state index >= 15 is 0 Å². The lowest BCUT2D eigenvalue weighted by Gasteiger charge is -2.21. The van der Waals surface area contributed by atoms with Crippen LogP contribution in [0.3, 0.4) is 0 Å². The Hall–Kier alpha value is -0.0900. The summed E-state index contributed by atoms with van der Waals surface area (Å²) in [6.45, 7) is 4.80. The zero-order valence-corrected chi connectivity index (χ0v) is 10.4. The highest BCUT2D eigenvalue weighted by atomic mass is 79.9. The fraction of sp³-hybridized carbons (Fsp3) is 0.889. The second-order valence-electron chi connectivity index (χ2n) is 3.49. The van der Waals surface area contributed by atoms with Gasteiger partial charge < -0.3 is 10.2 Å². The van der Waals surface area contributed by atoms with Gasteiger partial charge in [-0.15, -0.1) is 0 Å². The Labute approximate surface area is 89.0 Å². The average Bonchev–Trinajstić information content (AvgIpc) is 2.02. The quantitative estimate of drug-likeness (QED) is 0.745. The zero-order chi connectivity index (χ0) is 10.4. The molecule has 0 saturated carbocycles. The van der Waals surface area contributed by atoms with Crippen LogP contribution in [0.15, 0.2) is 0 Å². The van der Waals surface area contributed by atoms with Crippen LogP contribution in [0.2, 0.25) is 0 Å².